The van der Waals surface area contributed by atoms with Crippen LogP contribution in [0.3, 0.4) is 0 Å². The van der Waals surface area contributed by atoms with Gasteiger partial charge in [-0.2, -0.15) is 5.10 Å². The first-order chi connectivity index (χ1) is 8.38. The summed E-state index contributed by atoms with van der Waals surface area (Å²) in [6.45, 7) is 2.20. The van der Waals surface area contributed by atoms with Crippen LogP contribution in [0.15, 0.2) is 18.2 Å². The second-order valence-electron chi connectivity index (χ2n) is 4.54. The number of piperidine rings is 1. The van der Waals surface area contributed by atoms with Gasteiger partial charge < -0.3 is 10.1 Å². The van der Waals surface area contributed by atoms with E-state index in [0.717, 1.165) is 24.4 Å². The van der Waals surface area contributed by atoms with E-state index in [9.17, 15) is 0 Å². The van der Waals surface area contributed by atoms with E-state index in [-0.39, 0.29) is 0 Å². The number of hydrogen-bond acceptors (Lipinski definition) is 3. The molecule has 1 aliphatic heterocycles. The van der Waals surface area contributed by atoms with Crippen LogP contribution in [0, 0.1) is 0 Å². The van der Waals surface area contributed by atoms with Crippen LogP contribution in [-0.4, -0.2) is 30.4 Å². The van der Waals surface area contributed by atoms with E-state index in [4.69, 9.17) is 4.74 Å². The van der Waals surface area contributed by atoms with E-state index in [0.29, 0.717) is 5.92 Å². The number of nitrogens with one attached hydrogen (secondary N) is 2. The third-order valence-corrected chi connectivity index (χ3v) is 3.54. The smallest absolute Gasteiger partial charge is 0.121 e. The van der Waals surface area contributed by atoms with Gasteiger partial charge in [-0.15, -0.1) is 0 Å². The van der Waals surface area contributed by atoms with Crippen LogP contribution < -0.4 is 10.1 Å². The lowest BCUT2D eigenvalue weighted by Gasteiger charge is -2.21. The molecule has 0 unspecified atom stereocenters. The molecule has 1 aromatic carbocycles. The fourth-order valence-corrected chi connectivity index (χ4v) is 2.56. The highest BCUT2D eigenvalue weighted by Crippen LogP contribution is 2.30. The molecular weight excluding hydrogens is 214 g/mol. The van der Waals surface area contributed by atoms with Crippen molar-refractivity contribution in [1.29, 1.82) is 0 Å². The van der Waals surface area contributed by atoms with Gasteiger partial charge in [-0.25, -0.2) is 0 Å². The molecule has 1 aromatic heterocycles. The van der Waals surface area contributed by atoms with Crippen LogP contribution in [0.4, 0.5) is 0 Å². The van der Waals surface area contributed by atoms with Crippen molar-refractivity contribution < 1.29 is 4.74 Å². The minimum Gasteiger partial charge on any atom is -0.497 e. The summed E-state index contributed by atoms with van der Waals surface area (Å²) in [6.07, 6.45) is 2.37. The number of ether oxygens (including phenoxy) is 1. The number of nitrogens with zero attached hydrogens (tertiary/aromatic N) is 1. The number of rotatable bonds is 2. The van der Waals surface area contributed by atoms with Gasteiger partial charge in [0.2, 0.25) is 0 Å². The number of hydrogen-bond donors (Lipinski definition) is 2. The first-order valence-electron chi connectivity index (χ1n) is 6.11. The van der Waals surface area contributed by atoms with Crippen LogP contribution in [0.1, 0.15) is 24.5 Å². The molecule has 0 aliphatic carbocycles. The van der Waals surface area contributed by atoms with Gasteiger partial charge in [0.15, 0.2) is 0 Å². The molecule has 1 saturated heterocycles. The van der Waals surface area contributed by atoms with Gasteiger partial charge in [0, 0.05) is 23.1 Å². The van der Waals surface area contributed by atoms with Crippen molar-refractivity contribution in [3.8, 4) is 5.75 Å². The fourth-order valence-electron chi connectivity index (χ4n) is 2.56. The molecule has 2 aromatic rings. The average molecular weight is 231 g/mol. The van der Waals surface area contributed by atoms with Crippen molar-refractivity contribution in [3.63, 3.8) is 0 Å². The SMILES string of the molecule is COc1ccc2c(C3CCNCC3)[nH]nc2c1. The normalized spacial score (nSPS) is 17.5. The number of H-pyrrole nitrogens is 1. The van der Waals surface area contributed by atoms with E-state index in [1.54, 1.807) is 7.11 Å². The zero-order chi connectivity index (χ0) is 11.7. The highest BCUT2D eigenvalue weighted by molar-refractivity contribution is 5.83. The van der Waals surface area contributed by atoms with Crippen molar-refractivity contribution in [2.75, 3.05) is 20.2 Å². The van der Waals surface area contributed by atoms with Gasteiger partial charge in [-0.05, 0) is 38.1 Å². The third kappa shape index (κ3) is 1.89. The summed E-state index contributed by atoms with van der Waals surface area (Å²) < 4.78 is 5.21. The van der Waals surface area contributed by atoms with E-state index >= 15 is 0 Å². The molecule has 4 heteroatoms. The lowest BCUT2D eigenvalue weighted by molar-refractivity contribution is 0.415. The van der Waals surface area contributed by atoms with Crippen LogP contribution in [0.25, 0.3) is 10.9 Å². The van der Waals surface area contributed by atoms with Crippen LogP contribution in [0.2, 0.25) is 0 Å². The van der Waals surface area contributed by atoms with Gasteiger partial charge in [0.05, 0.1) is 12.6 Å². The number of aromatic amines is 1. The lowest BCUT2D eigenvalue weighted by atomic mass is 9.92. The predicted molar refractivity (Wildman–Crippen MR) is 67.5 cm³/mol. The Morgan fingerprint density at radius 3 is 2.88 bits per heavy atom. The molecule has 17 heavy (non-hydrogen) atoms. The van der Waals surface area contributed by atoms with Crippen molar-refractivity contribution in [2.45, 2.75) is 18.8 Å². The number of methoxy groups -OCH3 is 1. The third-order valence-electron chi connectivity index (χ3n) is 3.54. The molecule has 0 atom stereocenters. The Labute approximate surface area is 100 Å². The Balaban J connectivity index is 1.99. The second kappa shape index (κ2) is 4.37. The highest BCUT2D eigenvalue weighted by Gasteiger charge is 2.19. The van der Waals surface area contributed by atoms with Crippen molar-refractivity contribution >= 4 is 10.9 Å². The molecule has 1 aliphatic rings. The second-order valence-corrected chi connectivity index (χ2v) is 4.54. The highest BCUT2D eigenvalue weighted by atomic mass is 16.5. The maximum atomic E-state index is 5.21. The first kappa shape index (κ1) is 10.6. The molecule has 3 rings (SSSR count). The maximum absolute atomic E-state index is 5.21. The van der Waals surface area contributed by atoms with Crippen LogP contribution >= 0.6 is 0 Å². The molecular formula is C13H17N3O. The largest absolute Gasteiger partial charge is 0.497 e. The summed E-state index contributed by atoms with van der Waals surface area (Å²) in [5, 5.41) is 12.2. The Bertz CT molecular complexity index is 514. The number of benzene rings is 1. The topological polar surface area (TPSA) is 49.9 Å². The number of fused-ring (bicyclic) bond motifs is 1. The molecule has 0 amide bonds. The molecule has 0 spiro atoms. The Morgan fingerprint density at radius 1 is 1.29 bits per heavy atom. The summed E-state index contributed by atoms with van der Waals surface area (Å²) in [5.74, 6) is 1.47. The summed E-state index contributed by atoms with van der Waals surface area (Å²) >= 11 is 0. The summed E-state index contributed by atoms with van der Waals surface area (Å²) in [5.41, 5.74) is 2.28. The Hall–Kier alpha value is -1.55. The molecule has 0 radical (unpaired) electrons. The molecule has 1 fully saturated rings. The van der Waals surface area contributed by atoms with E-state index in [1.807, 2.05) is 12.1 Å². The molecule has 0 bridgehead atoms. The monoisotopic (exact) mass is 231 g/mol. The zero-order valence-electron chi connectivity index (χ0n) is 9.99. The molecule has 2 heterocycles. The lowest BCUT2D eigenvalue weighted by Crippen LogP contribution is -2.26. The predicted octanol–water partition coefficient (Wildman–Crippen LogP) is 2.04. The van der Waals surface area contributed by atoms with Crippen LogP contribution in [0.5, 0.6) is 5.75 Å². The summed E-state index contributed by atoms with van der Waals surface area (Å²) in [6, 6.07) is 6.09. The average Bonchev–Trinajstić information content (AvgIpc) is 2.82. The Morgan fingerprint density at radius 2 is 2.12 bits per heavy atom. The summed E-state index contributed by atoms with van der Waals surface area (Å²) in [7, 11) is 1.68. The van der Waals surface area contributed by atoms with Gasteiger partial charge in [-0.1, -0.05) is 0 Å². The molecule has 0 saturated carbocycles. The van der Waals surface area contributed by atoms with Crippen molar-refractivity contribution in [1.82, 2.24) is 15.5 Å². The first-order valence-corrected chi connectivity index (χ1v) is 6.11. The van der Waals surface area contributed by atoms with E-state index < -0.39 is 0 Å². The maximum Gasteiger partial charge on any atom is 0.121 e. The molecule has 4 nitrogen and oxygen atoms in total. The van der Waals surface area contributed by atoms with Gasteiger partial charge in [0.1, 0.15) is 5.75 Å². The standard InChI is InChI=1S/C13H17N3O/c1-17-10-2-3-11-12(8-10)15-16-13(11)9-4-6-14-7-5-9/h2-3,8-9,14H,4-7H2,1H3,(H,15,16). The van der Waals surface area contributed by atoms with Gasteiger partial charge in [0.25, 0.3) is 0 Å². The van der Waals surface area contributed by atoms with E-state index in [2.05, 4.69) is 21.6 Å². The van der Waals surface area contributed by atoms with Gasteiger partial charge >= 0.3 is 0 Å². The van der Waals surface area contributed by atoms with Crippen molar-refractivity contribution in [2.24, 2.45) is 0 Å². The summed E-state index contributed by atoms with van der Waals surface area (Å²) in [4.78, 5) is 0. The number of aromatic nitrogens is 2. The van der Waals surface area contributed by atoms with Crippen molar-refractivity contribution in [3.05, 3.63) is 23.9 Å². The minimum atomic E-state index is 0.606. The Kier molecular flexibility index (Phi) is 2.73. The van der Waals surface area contributed by atoms with E-state index in [1.165, 1.54) is 23.9 Å². The fraction of sp³-hybridized carbons (Fsp3) is 0.462. The zero-order valence-corrected chi connectivity index (χ0v) is 9.99. The van der Waals surface area contributed by atoms with Gasteiger partial charge in [-0.3, -0.25) is 5.10 Å². The molecule has 2 N–H and O–H groups in total. The quantitative estimate of drug-likeness (QED) is 0.831. The minimum absolute atomic E-state index is 0.606. The molecule has 90 valence electrons. The van der Waals surface area contributed by atoms with Crippen LogP contribution in [-0.2, 0) is 0 Å².